The lowest BCUT2D eigenvalue weighted by Gasteiger charge is -2.16. The van der Waals surface area contributed by atoms with E-state index in [2.05, 4.69) is 10.3 Å². The van der Waals surface area contributed by atoms with Crippen molar-refractivity contribution in [3.8, 4) is 5.75 Å². The van der Waals surface area contributed by atoms with E-state index < -0.39 is 5.25 Å². The second-order valence-electron chi connectivity index (χ2n) is 7.60. The number of anilines is 1. The predicted octanol–water partition coefficient (Wildman–Crippen LogP) is 5.90. The Bertz CT molecular complexity index is 1190. The van der Waals surface area contributed by atoms with Gasteiger partial charge < -0.3 is 10.1 Å². The van der Waals surface area contributed by atoms with Crippen LogP contribution in [-0.2, 0) is 16.1 Å². The molecule has 174 valence electrons. The summed E-state index contributed by atoms with van der Waals surface area (Å²) >= 11 is 7.41. The first-order chi connectivity index (χ1) is 16.5. The van der Waals surface area contributed by atoms with Crippen LogP contribution >= 0.6 is 23.4 Å². The van der Waals surface area contributed by atoms with Crippen LogP contribution in [-0.4, -0.2) is 33.7 Å². The number of amidine groups is 1. The average molecular weight is 494 g/mol. The monoisotopic (exact) mass is 493 g/mol. The maximum Gasteiger partial charge on any atom is 0.242 e. The highest BCUT2D eigenvalue weighted by molar-refractivity contribution is 8.15. The summed E-state index contributed by atoms with van der Waals surface area (Å²) in [4.78, 5) is 32.3. The summed E-state index contributed by atoms with van der Waals surface area (Å²) in [7, 11) is 0. The Hall–Kier alpha value is -3.29. The normalized spacial score (nSPS) is 16.6. The lowest BCUT2D eigenvalue weighted by molar-refractivity contribution is -0.128. The molecule has 6 nitrogen and oxygen atoms in total. The lowest BCUT2D eigenvalue weighted by Crippen LogP contribution is -2.33. The molecular formula is C26H24ClN3O3S. The van der Waals surface area contributed by atoms with Crippen molar-refractivity contribution in [2.45, 2.75) is 25.1 Å². The highest BCUT2D eigenvalue weighted by Gasteiger charge is 2.39. The second-order valence-corrected chi connectivity index (χ2v) is 9.21. The van der Waals surface area contributed by atoms with Crippen LogP contribution in [0.1, 0.15) is 18.9 Å². The van der Waals surface area contributed by atoms with Crippen LogP contribution in [0.4, 0.5) is 11.4 Å². The first-order valence-corrected chi connectivity index (χ1v) is 12.2. The van der Waals surface area contributed by atoms with Gasteiger partial charge >= 0.3 is 0 Å². The van der Waals surface area contributed by atoms with E-state index in [0.717, 1.165) is 11.3 Å². The largest absolute Gasteiger partial charge is 0.494 e. The number of halogens is 1. The van der Waals surface area contributed by atoms with Crippen LogP contribution < -0.4 is 10.1 Å². The summed E-state index contributed by atoms with van der Waals surface area (Å²) in [6.07, 6.45) is 0.0383. The zero-order chi connectivity index (χ0) is 23.9. The SMILES string of the molecule is CCOc1ccc(NC(=O)CC2SC(=Nc3cccc(Cl)c3)N(Cc3ccccc3)C2=O)cc1. The number of thioether (sulfide) groups is 1. The van der Waals surface area contributed by atoms with Crippen molar-refractivity contribution in [2.24, 2.45) is 4.99 Å². The van der Waals surface area contributed by atoms with Crippen LogP contribution in [0.5, 0.6) is 5.75 Å². The minimum Gasteiger partial charge on any atom is -0.494 e. The number of rotatable bonds is 8. The van der Waals surface area contributed by atoms with Crippen molar-refractivity contribution in [3.63, 3.8) is 0 Å². The Kier molecular flexibility index (Phi) is 7.87. The molecule has 0 bridgehead atoms. The molecule has 2 amide bonds. The Morgan fingerprint density at radius 2 is 1.85 bits per heavy atom. The first kappa shape index (κ1) is 23.9. The molecule has 1 heterocycles. The summed E-state index contributed by atoms with van der Waals surface area (Å²) < 4.78 is 5.43. The van der Waals surface area contributed by atoms with E-state index in [4.69, 9.17) is 16.3 Å². The fourth-order valence-electron chi connectivity index (χ4n) is 3.47. The van der Waals surface area contributed by atoms with Crippen molar-refractivity contribution in [3.05, 3.63) is 89.4 Å². The molecule has 0 spiro atoms. The predicted molar refractivity (Wildman–Crippen MR) is 138 cm³/mol. The number of hydrogen-bond acceptors (Lipinski definition) is 5. The van der Waals surface area contributed by atoms with E-state index in [1.807, 2.05) is 49.4 Å². The van der Waals surface area contributed by atoms with Gasteiger partial charge in [-0.15, -0.1) is 0 Å². The third-order valence-electron chi connectivity index (χ3n) is 5.06. The maximum absolute atomic E-state index is 13.3. The highest BCUT2D eigenvalue weighted by atomic mass is 35.5. The second kappa shape index (κ2) is 11.2. The van der Waals surface area contributed by atoms with Gasteiger partial charge in [0.15, 0.2) is 5.17 Å². The zero-order valence-corrected chi connectivity index (χ0v) is 20.2. The van der Waals surface area contributed by atoms with Gasteiger partial charge in [-0.2, -0.15) is 0 Å². The number of amides is 2. The van der Waals surface area contributed by atoms with Crippen LogP contribution in [0.25, 0.3) is 0 Å². The summed E-state index contributed by atoms with van der Waals surface area (Å²) in [5.74, 6) is 0.357. The van der Waals surface area contributed by atoms with Gasteiger partial charge in [0.1, 0.15) is 11.0 Å². The smallest absolute Gasteiger partial charge is 0.242 e. The van der Waals surface area contributed by atoms with Gasteiger partial charge in [0.05, 0.1) is 18.8 Å². The molecule has 1 aliphatic rings. The molecule has 4 rings (SSSR count). The van der Waals surface area contributed by atoms with E-state index in [0.29, 0.717) is 34.7 Å². The third kappa shape index (κ3) is 6.18. The fraction of sp³-hybridized carbons (Fsp3) is 0.192. The number of aliphatic imine (C=N–C) groups is 1. The Morgan fingerprint density at radius 1 is 1.09 bits per heavy atom. The molecule has 1 unspecified atom stereocenters. The molecule has 3 aromatic carbocycles. The molecule has 1 fully saturated rings. The summed E-state index contributed by atoms with van der Waals surface area (Å²) in [6, 6.07) is 24.0. The molecule has 3 aromatic rings. The molecule has 0 saturated carbocycles. The van der Waals surface area contributed by atoms with Gasteiger partial charge in [-0.25, -0.2) is 4.99 Å². The van der Waals surface area contributed by atoms with Crippen molar-refractivity contribution < 1.29 is 14.3 Å². The van der Waals surface area contributed by atoms with E-state index in [9.17, 15) is 9.59 Å². The average Bonchev–Trinajstić information content (AvgIpc) is 3.10. The molecule has 0 aromatic heterocycles. The van der Waals surface area contributed by atoms with Crippen molar-refractivity contribution in [1.29, 1.82) is 0 Å². The first-order valence-electron chi connectivity index (χ1n) is 10.9. The summed E-state index contributed by atoms with van der Waals surface area (Å²) in [6.45, 7) is 2.87. The number of ether oxygens (including phenoxy) is 1. The van der Waals surface area contributed by atoms with E-state index in [-0.39, 0.29) is 18.2 Å². The van der Waals surface area contributed by atoms with Crippen molar-refractivity contribution in [2.75, 3.05) is 11.9 Å². The molecule has 1 N–H and O–H groups in total. The van der Waals surface area contributed by atoms with Crippen molar-refractivity contribution in [1.82, 2.24) is 4.90 Å². The van der Waals surface area contributed by atoms with Gasteiger partial charge in [0, 0.05) is 17.1 Å². The number of hydrogen-bond donors (Lipinski definition) is 1. The highest BCUT2D eigenvalue weighted by Crippen LogP contribution is 2.33. The van der Waals surface area contributed by atoms with E-state index in [1.165, 1.54) is 11.8 Å². The van der Waals surface area contributed by atoms with Crippen LogP contribution in [0.2, 0.25) is 5.02 Å². The van der Waals surface area contributed by atoms with Gasteiger partial charge in [0.2, 0.25) is 11.8 Å². The molecule has 1 atom stereocenters. The number of nitrogens with zero attached hydrogens (tertiary/aromatic N) is 2. The molecule has 1 aliphatic heterocycles. The molecular weight excluding hydrogens is 470 g/mol. The third-order valence-corrected chi connectivity index (χ3v) is 6.47. The lowest BCUT2D eigenvalue weighted by atomic mass is 10.2. The summed E-state index contributed by atoms with van der Waals surface area (Å²) in [5.41, 5.74) is 2.29. The fourth-order valence-corrected chi connectivity index (χ4v) is 4.82. The zero-order valence-electron chi connectivity index (χ0n) is 18.6. The van der Waals surface area contributed by atoms with E-state index in [1.54, 1.807) is 41.3 Å². The number of carbonyl (C=O) groups is 2. The van der Waals surface area contributed by atoms with Gasteiger partial charge in [-0.1, -0.05) is 59.8 Å². The summed E-state index contributed by atoms with van der Waals surface area (Å²) in [5, 5.41) is 3.41. The van der Waals surface area contributed by atoms with E-state index >= 15 is 0 Å². The Labute approximate surface area is 208 Å². The van der Waals surface area contributed by atoms with Crippen LogP contribution in [0, 0.1) is 0 Å². The Morgan fingerprint density at radius 3 is 2.56 bits per heavy atom. The van der Waals surface area contributed by atoms with Crippen LogP contribution in [0.15, 0.2) is 83.9 Å². The molecule has 8 heteroatoms. The van der Waals surface area contributed by atoms with Gasteiger partial charge in [0.25, 0.3) is 0 Å². The number of benzene rings is 3. The minimum absolute atomic E-state index is 0.0383. The maximum atomic E-state index is 13.3. The number of nitrogens with one attached hydrogen (secondary N) is 1. The topological polar surface area (TPSA) is 71.0 Å². The molecule has 0 radical (unpaired) electrons. The molecule has 1 saturated heterocycles. The minimum atomic E-state index is -0.565. The van der Waals surface area contributed by atoms with Crippen molar-refractivity contribution >= 4 is 51.7 Å². The van der Waals surface area contributed by atoms with Gasteiger partial charge in [-0.05, 0) is 55.0 Å². The Balaban J connectivity index is 1.50. The van der Waals surface area contributed by atoms with Crippen LogP contribution in [0.3, 0.4) is 0 Å². The molecule has 34 heavy (non-hydrogen) atoms. The number of carbonyl (C=O) groups excluding carboxylic acids is 2. The molecule has 0 aliphatic carbocycles. The quantitative estimate of drug-likeness (QED) is 0.424. The standard InChI is InChI=1S/C26H24ClN3O3S/c1-2-33-22-13-11-20(12-14-22)28-24(31)16-23-25(32)30(17-18-7-4-3-5-8-18)26(34-23)29-21-10-6-9-19(27)15-21/h3-15,23H,2,16-17H2,1H3,(H,28,31). The van der Waals surface area contributed by atoms with Gasteiger partial charge in [-0.3, -0.25) is 14.5 Å².